The van der Waals surface area contributed by atoms with Crippen molar-refractivity contribution in [3.8, 4) is 0 Å². The summed E-state index contributed by atoms with van der Waals surface area (Å²) in [6.07, 6.45) is 4.40. The lowest BCUT2D eigenvalue weighted by Crippen LogP contribution is -2.43. The van der Waals surface area contributed by atoms with Crippen LogP contribution in [0.4, 0.5) is 0 Å². The third kappa shape index (κ3) is 3.12. The third-order valence-corrected chi connectivity index (χ3v) is 6.17. The van der Waals surface area contributed by atoms with Crippen molar-refractivity contribution in [3.63, 3.8) is 0 Å². The van der Waals surface area contributed by atoms with Gasteiger partial charge in [-0.25, -0.2) is 0 Å². The largest absolute Gasteiger partial charge is 0.372 e. The van der Waals surface area contributed by atoms with Crippen LogP contribution in [-0.4, -0.2) is 28.5 Å². The first kappa shape index (κ1) is 17.1. The van der Waals surface area contributed by atoms with Crippen LogP contribution in [0.2, 0.25) is 5.02 Å². The van der Waals surface area contributed by atoms with Crippen LogP contribution in [-0.2, 0) is 24.6 Å². The molecule has 2 aliphatic rings. The molecule has 0 spiro atoms. The number of aryl methyl sites for hydroxylation is 3. The molecule has 0 bridgehead atoms. The first-order chi connectivity index (χ1) is 12.0. The van der Waals surface area contributed by atoms with E-state index in [4.69, 9.17) is 16.3 Å². The van der Waals surface area contributed by atoms with E-state index in [0.717, 1.165) is 43.0 Å². The van der Waals surface area contributed by atoms with Gasteiger partial charge in [0.05, 0.1) is 5.69 Å². The van der Waals surface area contributed by atoms with Crippen LogP contribution in [0.1, 0.15) is 47.0 Å². The number of hydrogen-bond donors (Lipinski definition) is 1. The van der Waals surface area contributed by atoms with Gasteiger partial charge in [-0.05, 0) is 56.7 Å². The van der Waals surface area contributed by atoms with Crippen LogP contribution in [0.5, 0.6) is 0 Å². The highest BCUT2D eigenvalue weighted by molar-refractivity contribution is 6.31. The third-order valence-electron chi connectivity index (χ3n) is 5.82. The predicted octanol–water partition coefficient (Wildman–Crippen LogP) is 3.67. The fourth-order valence-corrected chi connectivity index (χ4v) is 4.71. The van der Waals surface area contributed by atoms with E-state index in [0.29, 0.717) is 12.1 Å². The zero-order valence-electron chi connectivity index (χ0n) is 15.2. The SMILES string of the molecule is Cc1nn(C)c(C)c1[C@@H]1OCC[C@H]1NC1CCc2cccc(Cl)c2C1. The van der Waals surface area contributed by atoms with Crippen LogP contribution in [0, 0.1) is 13.8 Å². The quantitative estimate of drug-likeness (QED) is 0.908. The highest BCUT2D eigenvalue weighted by Crippen LogP contribution is 2.35. The molecule has 1 fully saturated rings. The molecule has 1 aromatic heterocycles. The molecule has 0 saturated carbocycles. The molecule has 1 unspecified atom stereocenters. The van der Waals surface area contributed by atoms with Crippen molar-refractivity contribution in [2.24, 2.45) is 7.05 Å². The number of benzene rings is 1. The standard InChI is InChI=1S/C20H26ClN3O/c1-12-19(13(2)24(3)23-12)20-18(9-10-25-20)22-15-8-7-14-5-4-6-17(21)16(14)11-15/h4-6,15,18,20,22H,7-11H2,1-3H3/t15?,18-,20-/m1/s1. The molecule has 0 amide bonds. The Morgan fingerprint density at radius 3 is 2.88 bits per heavy atom. The van der Waals surface area contributed by atoms with Crippen LogP contribution in [0.15, 0.2) is 18.2 Å². The molecule has 134 valence electrons. The Balaban J connectivity index is 1.52. The smallest absolute Gasteiger partial charge is 0.101 e. The zero-order chi connectivity index (χ0) is 17.6. The number of halogens is 1. The van der Waals surface area contributed by atoms with Gasteiger partial charge < -0.3 is 10.1 Å². The summed E-state index contributed by atoms with van der Waals surface area (Å²) in [5.74, 6) is 0. The minimum absolute atomic E-state index is 0.0985. The van der Waals surface area contributed by atoms with Crippen LogP contribution < -0.4 is 5.32 Å². The monoisotopic (exact) mass is 359 g/mol. The second-order valence-electron chi connectivity index (χ2n) is 7.38. The lowest BCUT2D eigenvalue weighted by atomic mass is 9.87. The summed E-state index contributed by atoms with van der Waals surface area (Å²) in [6.45, 7) is 5.02. The van der Waals surface area contributed by atoms with Gasteiger partial charge in [0, 0.05) is 42.0 Å². The number of rotatable bonds is 3. The fourth-order valence-electron chi connectivity index (χ4n) is 4.44. The lowest BCUT2D eigenvalue weighted by molar-refractivity contribution is 0.0948. The summed E-state index contributed by atoms with van der Waals surface area (Å²) in [4.78, 5) is 0. The first-order valence-corrected chi connectivity index (χ1v) is 9.56. The average Bonchev–Trinajstić information content (AvgIpc) is 3.12. The van der Waals surface area contributed by atoms with E-state index in [1.165, 1.54) is 22.4 Å². The van der Waals surface area contributed by atoms with Crippen molar-refractivity contribution < 1.29 is 4.74 Å². The van der Waals surface area contributed by atoms with Crippen molar-refractivity contribution in [1.29, 1.82) is 0 Å². The highest BCUT2D eigenvalue weighted by atomic mass is 35.5. The molecule has 2 heterocycles. The summed E-state index contributed by atoms with van der Waals surface area (Å²) in [5.41, 5.74) is 6.26. The number of aromatic nitrogens is 2. The zero-order valence-corrected chi connectivity index (χ0v) is 15.9. The second kappa shape index (κ2) is 6.75. The van der Waals surface area contributed by atoms with Crippen molar-refractivity contribution in [1.82, 2.24) is 15.1 Å². The molecule has 1 aliphatic carbocycles. The molecule has 5 heteroatoms. The maximum absolute atomic E-state index is 6.43. The van der Waals surface area contributed by atoms with E-state index >= 15 is 0 Å². The Bertz CT molecular complexity index is 785. The molecule has 4 nitrogen and oxygen atoms in total. The molecule has 1 aromatic carbocycles. The highest BCUT2D eigenvalue weighted by Gasteiger charge is 2.35. The van der Waals surface area contributed by atoms with Gasteiger partial charge in [-0.3, -0.25) is 4.68 Å². The van der Waals surface area contributed by atoms with Gasteiger partial charge in [0.15, 0.2) is 0 Å². The molecule has 1 N–H and O–H groups in total. The molecule has 1 saturated heterocycles. The summed E-state index contributed by atoms with van der Waals surface area (Å²) in [7, 11) is 2.00. The first-order valence-electron chi connectivity index (χ1n) is 9.18. The molecule has 3 atom stereocenters. The van der Waals surface area contributed by atoms with E-state index < -0.39 is 0 Å². The average molecular weight is 360 g/mol. The Hall–Kier alpha value is -1.36. The van der Waals surface area contributed by atoms with Crippen LogP contribution >= 0.6 is 11.6 Å². The molecule has 1 aliphatic heterocycles. The van der Waals surface area contributed by atoms with E-state index in [9.17, 15) is 0 Å². The molecule has 0 radical (unpaired) electrons. The Labute approximate surface area is 154 Å². The minimum Gasteiger partial charge on any atom is -0.372 e. The topological polar surface area (TPSA) is 39.1 Å². The predicted molar refractivity (Wildman–Crippen MR) is 100 cm³/mol. The minimum atomic E-state index is 0.0985. The van der Waals surface area contributed by atoms with Crippen molar-refractivity contribution in [2.45, 2.75) is 57.7 Å². The van der Waals surface area contributed by atoms with Gasteiger partial charge in [0.25, 0.3) is 0 Å². The molecule has 2 aromatic rings. The normalized spacial score (nSPS) is 26.0. The fraction of sp³-hybridized carbons (Fsp3) is 0.550. The number of hydrogen-bond acceptors (Lipinski definition) is 3. The number of ether oxygens (including phenoxy) is 1. The number of fused-ring (bicyclic) bond motifs is 1. The maximum atomic E-state index is 6.43. The Kier molecular flexibility index (Phi) is 4.61. The summed E-state index contributed by atoms with van der Waals surface area (Å²) in [5, 5.41) is 9.35. The van der Waals surface area contributed by atoms with Gasteiger partial charge in [-0.15, -0.1) is 0 Å². The molecule has 25 heavy (non-hydrogen) atoms. The Morgan fingerprint density at radius 2 is 2.12 bits per heavy atom. The van der Waals surface area contributed by atoms with E-state index in [1.807, 2.05) is 17.8 Å². The van der Waals surface area contributed by atoms with Gasteiger partial charge in [-0.1, -0.05) is 23.7 Å². The number of nitrogens with zero attached hydrogens (tertiary/aromatic N) is 2. The van der Waals surface area contributed by atoms with Crippen LogP contribution in [0.3, 0.4) is 0 Å². The van der Waals surface area contributed by atoms with Gasteiger partial charge >= 0.3 is 0 Å². The van der Waals surface area contributed by atoms with Crippen LogP contribution in [0.25, 0.3) is 0 Å². The van der Waals surface area contributed by atoms with E-state index in [1.54, 1.807) is 0 Å². The molecular formula is C20H26ClN3O. The van der Waals surface area contributed by atoms with Crippen molar-refractivity contribution in [3.05, 3.63) is 51.3 Å². The van der Waals surface area contributed by atoms with Gasteiger partial charge in [-0.2, -0.15) is 5.10 Å². The lowest BCUT2D eigenvalue weighted by Gasteiger charge is -2.31. The maximum Gasteiger partial charge on any atom is 0.101 e. The number of nitrogens with one attached hydrogen (secondary N) is 1. The van der Waals surface area contributed by atoms with E-state index in [-0.39, 0.29) is 6.10 Å². The van der Waals surface area contributed by atoms with Crippen molar-refractivity contribution in [2.75, 3.05) is 6.61 Å². The summed E-state index contributed by atoms with van der Waals surface area (Å²) < 4.78 is 8.08. The summed E-state index contributed by atoms with van der Waals surface area (Å²) in [6, 6.07) is 7.08. The van der Waals surface area contributed by atoms with Gasteiger partial charge in [0.2, 0.25) is 0 Å². The van der Waals surface area contributed by atoms with E-state index in [2.05, 4.69) is 36.4 Å². The summed E-state index contributed by atoms with van der Waals surface area (Å²) >= 11 is 6.43. The molecule has 4 rings (SSSR count). The van der Waals surface area contributed by atoms with Crippen molar-refractivity contribution >= 4 is 11.6 Å². The molecular weight excluding hydrogens is 334 g/mol. The Morgan fingerprint density at radius 1 is 1.28 bits per heavy atom. The second-order valence-corrected chi connectivity index (χ2v) is 7.79. The van der Waals surface area contributed by atoms with Gasteiger partial charge in [0.1, 0.15) is 6.10 Å².